The summed E-state index contributed by atoms with van der Waals surface area (Å²) in [6.45, 7) is 2.72. The number of alkyl halides is 3. The van der Waals surface area contributed by atoms with Crippen LogP contribution in [0.1, 0.15) is 0 Å². The van der Waals surface area contributed by atoms with Crippen LogP contribution < -0.4 is 10.1 Å². The second kappa shape index (κ2) is 8.28. The number of hydrogen-bond donors (Lipinski definition) is 1. The molecule has 3 heterocycles. The van der Waals surface area contributed by atoms with Gasteiger partial charge in [-0.05, 0) is 18.2 Å². The van der Waals surface area contributed by atoms with E-state index in [4.69, 9.17) is 4.74 Å². The van der Waals surface area contributed by atoms with E-state index >= 15 is 0 Å². The number of pyridine rings is 1. The van der Waals surface area contributed by atoms with Gasteiger partial charge in [0.2, 0.25) is 11.9 Å². The Morgan fingerprint density at radius 1 is 1.17 bits per heavy atom. The molecule has 1 aromatic carbocycles. The molecule has 1 amide bonds. The van der Waals surface area contributed by atoms with Crippen molar-refractivity contribution in [1.29, 1.82) is 0 Å². The Balaban J connectivity index is 1.52. The fourth-order valence-electron chi connectivity index (χ4n) is 3.14. The van der Waals surface area contributed by atoms with E-state index in [1.54, 1.807) is 18.2 Å². The van der Waals surface area contributed by atoms with Crippen LogP contribution in [-0.2, 0) is 9.53 Å². The van der Waals surface area contributed by atoms with E-state index in [9.17, 15) is 18.0 Å². The van der Waals surface area contributed by atoms with Crippen LogP contribution in [0.4, 0.5) is 19.1 Å². The van der Waals surface area contributed by atoms with Crippen molar-refractivity contribution in [2.45, 2.75) is 6.36 Å². The van der Waals surface area contributed by atoms with Crippen LogP contribution in [0.3, 0.4) is 0 Å². The first-order valence-electron chi connectivity index (χ1n) is 9.19. The van der Waals surface area contributed by atoms with E-state index in [1.165, 1.54) is 28.9 Å². The van der Waals surface area contributed by atoms with Gasteiger partial charge in [0.15, 0.2) is 5.65 Å². The van der Waals surface area contributed by atoms with Crippen molar-refractivity contribution in [1.82, 2.24) is 19.5 Å². The maximum Gasteiger partial charge on any atom is 0.573 e. The van der Waals surface area contributed by atoms with Crippen LogP contribution in [-0.4, -0.2) is 64.6 Å². The van der Waals surface area contributed by atoms with Crippen molar-refractivity contribution < 1.29 is 27.4 Å². The molecule has 11 heteroatoms. The quantitative estimate of drug-likeness (QED) is 0.682. The summed E-state index contributed by atoms with van der Waals surface area (Å²) in [6.07, 6.45) is -3.27. The van der Waals surface area contributed by atoms with Gasteiger partial charge in [-0.3, -0.25) is 15.0 Å². The van der Waals surface area contributed by atoms with E-state index < -0.39 is 6.36 Å². The van der Waals surface area contributed by atoms with E-state index in [-0.39, 0.29) is 29.7 Å². The molecule has 30 heavy (non-hydrogen) atoms. The zero-order valence-electron chi connectivity index (χ0n) is 15.7. The molecule has 2 aromatic heterocycles. The number of halogens is 3. The fourth-order valence-corrected chi connectivity index (χ4v) is 3.14. The minimum Gasteiger partial charge on any atom is -0.405 e. The molecule has 1 N–H and O–H groups in total. The number of nitrogens with zero attached hydrogens (tertiary/aromatic N) is 4. The minimum absolute atomic E-state index is 0.116. The van der Waals surface area contributed by atoms with Crippen LogP contribution in [0.25, 0.3) is 16.8 Å². The van der Waals surface area contributed by atoms with Gasteiger partial charge in [0.25, 0.3) is 0 Å². The predicted octanol–water partition coefficient (Wildman–Crippen LogP) is 2.57. The summed E-state index contributed by atoms with van der Waals surface area (Å²) in [5.41, 5.74) is 1.15. The smallest absolute Gasteiger partial charge is 0.405 e. The standard InChI is InChI=1S/C19H18F3N5O3/c20-19(21,22)30-15-4-2-1-3-14(15)13-5-6-16-23-18(25-27(16)11-13)24-17(28)12-26-7-9-29-10-8-26/h1-6,11H,7-10,12H2,(H,24,25,28). The maximum atomic E-state index is 12.7. The number of nitrogens with one attached hydrogen (secondary N) is 1. The molecular formula is C19H18F3N5O3. The first kappa shape index (κ1) is 20.1. The Hall–Kier alpha value is -3.18. The summed E-state index contributed by atoms with van der Waals surface area (Å²) < 4.78 is 48.8. The molecule has 8 nitrogen and oxygen atoms in total. The van der Waals surface area contributed by atoms with Crippen molar-refractivity contribution in [3.05, 3.63) is 42.6 Å². The number of benzene rings is 1. The molecule has 0 atom stereocenters. The number of aromatic nitrogens is 3. The lowest BCUT2D eigenvalue weighted by Crippen LogP contribution is -2.41. The van der Waals surface area contributed by atoms with Gasteiger partial charge >= 0.3 is 6.36 Å². The average molecular weight is 421 g/mol. The van der Waals surface area contributed by atoms with Gasteiger partial charge in [-0.25, -0.2) is 4.52 Å². The first-order valence-corrected chi connectivity index (χ1v) is 9.19. The van der Waals surface area contributed by atoms with Crippen molar-refractivity contribution >= 4 is 17.5 Å². The normalized spacial score (nSPS) is 15.3. The van der Waals surface area contributed by atoms with Crippen LogP contribution in [0.15, 0.2) is 42.6 Å². The SMILES string of the molecule is O=C(CN1CCOCC1)Nc1nc2ccc(-c3ccccc3OC(F)(F)F)cn2n1. The van der Waals surface area contributed by atoms with Crippen molar-refractivity contribution in [2.75, 3.05) is 38.2 Å². The third-order valence-electron chi connectivity index (χ3n) is 4.48. The number of carbonyl (C=O) groups excluding carboxylic acids is 1. The number of anilines is 1. The summed E-state index contributed by atoms with van der Waals surface area (Å²) >= 11 is 0. The molecule has 0 radical (unpaired) electrons. The number of para-hydroxylation sites is 1. The second-order valence-corrected chi connectivity index (χ2v) is 6.64. The highest BCUT2D eigenvalue weighted by molar-refractivity contribution is 5.90. The molecule has 4 rings (SSSR count). The van der Waals surface area contributed by atoms with Crippen molar-refractivity contribution in [3.63, 3.8) is 0 Å². The van der Waals surface area contributed by atoms with Gasteiger partial charge in [-0.1, -0.05) is 18.2 Å². The van der Waals surface area contributed by atoms with Gasteiger partial charge in [0.1, 0.15) is 5.75 Å². The van der Waals surface area contributed by atoms with Crippen LogP contribution >= 0.6 is 0 Å². The number of ether oxygens (including phenoxy) is 2. The lowest BCUT2D eigenvalue weighted by Gasteiger charge is -2.25. The van der Waals surface area contributed by atoms with Crippen molar-refractivity contribution in [2.24, 2.45) is 0 Å². The minimum atomic E-state index is -4.80. The molecule has 3 aromatic rings. The van der Waals surface area contributed by atoms with Gasteiger partial charge in [-0.2, -0.15) is 4.98 Å². The molecule has 1 fully saturated rings. The zero-order chi connectivity index (χ0) is 21.1. The highest BCUT2D eigenvalue weighted by atomic mass is 19.4. The van der Waals surface area contributed by atoms with Gasteiger partial charge in [-0.15, -0.1) is 18.3 Å². The molecule has 158 valence electrons. The van der Waals surface area contributed by atoms with E-state index in [2.05, 4.69) is 20.1 Å². The van der Waals surface area contributed by atoms with Crippen LogP contribution in [0, 0.1) is 0 Å². The Morgan fingerprint density at radius 3 is 2.70 bits per heavy atom. The van der Waals surface area contributed by atoms with Crippen molar-refractivity contribution in [3.8, 4) is 16.9 Å². The molecule has 1 aliphatic heterocycles. The number of rotatable bonds is 5. The first-order chi connectivity index (χ1) is 14.4. The molecule has 0 spiro atoms. The third kappa shape index (κ3) is 4.86. The second-order valence-electron chi connectivity index (χ2n) is 6.64. The Kier molecular flexibility index (Phi) is 5.55. The summed E-state index contributed by atoms with van der Waals surface area (Å²) in [7, 11) is 0. The lowest BCUT2D eigenvalue weighted by atomic mass is 10.1. The molecule has 0 saturated carbocycles. The van der Waals surface area contributed by atoms with Gasteiger partial charge in [0.05, 0.1) is 19.8 Å². The molecule has 1 aliphatic rings. The summed E-state index contributed by atoms with van der Waals surface area (Å²) in [6, 6.07) is 9.05. The zero-order valence-corrected chi connectivity index (χ0v) is 15.7. The third-order valence-corrected chi connectivity index (χ3v) is 4.48. The number of hydrogen-bond acceptors (Lipinski definition) is 6. The number of carbonyl (C=O) groups is 1. The molecule has 1 saturated heterocycles. The molecule has 0 unspecified atom stereocenters. The van der Waals surface area contributed by atoms with E-state index in [0.29, 0.717) is 37.5 Å². The summed E-state index contributed by atoms with van der Waals surface area (Å²) in [5.74, 6) is -0.453. The molecular weight excluding hydrogens is 403 g/mol. The fraction of sp³-hybridized carbons (Fsp3) is 0.316. The number of amides is 1. The summed E-state index contributed by atoms with van der Waals surface area (Å²) in [5, 5.41) is 6.85. The van der Waals surface area contributed by atoms with E-state index in [0.717, 1.165) is 0 Å². The number of morpholine rings is 1. The Labute approximate surface area is 169 Å². The van der Waals surface area contributed by atoms with Gasteiger partial charge < -0.3 is 9.47 Å². The van der Waals surface area contributed by atoms with Crippen LogP contribution in [0.2, 0.25) is 0 Å². The lowest BCUT2D eigenvalue weighted by molar-refractivity contribution is -0.274. The Morgan fingerprint density at radius 2 is 1.93 bits per heavy atom. The van der Waals surface area contributed by atoms with Crippen LogP contribution in [0.5, 0.6) is 5.75 Å². The number of fused-ring (bicyclic) bond motifs is 1. The topological polar surface area (TPSA) is 81.0 Å². The maximum absolute atomic E-state index is 12.7. The average Bonchev–Trinajstić information content (AvgIpc) is 3.09. The highest BCUT2D eigenvalue weighted by Crippen LogP contribution is 2.33. The summed E-state index contributed by atoms with van der Waals surface area (Å²) in [4.78, 5) is 18.4. The Bertz CT molecular complexity index is 1050. The molecule has 0 aliphatic carbocycles. The van der Waals surface area contributed by atoms with Gasteiger partial charge in [0, 0.05) is 30.4 Å². The molecule has 0 bridgehead atoms. The van der Waals surface area contributed by atoms with E-state index in [1.807, 2.05) is 4.90 Å². The predicted molar refractivity (Wildman–Crippen MR) is 101 cm³/mol. The monoisotopic (exact) mass is 421 g/mol. The largest absolute Gasteiger partial charge is 0.573 e. The highest BCUT2D eigenvalue weighted by Gasteiger charge is 2.32.